The molecule has 1 aliphatic rings. The Hall–Kier alpha value is -0.120. The van der Waals surface area contributed by atoms with Gasteiger partial charge in [-0.1, -0.05) is 6.42 Å². The highest BCUT2D eigenvalue weighted by molar-refractivity contribution is 4.70. The molecule has 0 aromatic rings. The molecule has 0 amide bonds. The zero-order chi connectivity index (χ0) is 7.94. The molecule has 1 aliphatic heterocycles. The van der Waals surface area contributed by atoms with Gasteiger partial charge in [0.2, 0.25) is 0 Å². The molecule has 4 N–H and O–H groups in total. The Morgan fingerprint density at radius 3 is 2.91 bits per heavy atom. The number of nitrogens with two attached hydrogens (primary N) is 1. The molecule has 3 heteroatoms. The molecule has 1 rings (SSSR count). The first-order valence-electron chi connectivity index (χ1n) is 4.57. The number of hydrogen-bond acceptors (Lipinski definition) is 3. The van der Waals surface area contributed by atoms with Gasteiger partial charge in [0.1, 0.15) is 0 Å². The van der Waals surface area contributed by atoms with Crippen LogP contribution in [0.5, 0.6) is 0 Å². The van der Waals surface area contributed by atoms with Crippen LogP contribution in [0.2, 0.25) is 0 Å². The summed E-state index contributed by atoms with van der Waals surface area (Å²) in [5.41, 5.74) is 5.59. The van der Waals surface area contributed by atoms with Crippen molar-refractivity contribution >= 4 is 0 Å². The molecule has 1 saturated heterocycles. The first-order chi connectivity index (χ1) is 5.43. The lowest BCUT2D eigenvalue weighted by atomic mass is 10.1. The molecule has 1 fully saturated rings. The van der Waals surface area contributed by atoms with E-state index in [2.05, 4.69) is 10.6 Å². The fraction of sp³-hybridized carbons (Fsp3) is 1.00. The number of rotatable bonds is 1. The van der Waals surface area contributed by atoms with Crippen LogP contribution in [0.15, 0.2) is 0 Å². The summed E-state index contributed by atoms with van der Waals surface area (Å²) in [5, 5.41) is 6.79. The average Bonchev–Trinajstić information content (AvgIpc) is 2.16. The Morgan fingerprint density at radius 2 is 2.09 bits per heavy atom. The zero-order valence-electron chi connectivity index (χ0n) is 7.10. The van der Waals surface area contributed by atoms with Crippen molar-refractivity contribution in [3.05, 3.63) is 0 Å². The van der Waals surface area contributed by atoms with Crippen LogP contribution in [0.4, 0.5) is 0 Å². The summed E-state index contributed by atoms with van der Waals surface area (Å²) in [6, 6.07) is 0.551. The minimum absolute atomic E-state index is 0.551. The number of nitrogens with one attached hydrogen (secondary N) is 2. The highest BCUT2D eigenvalue weighted by atomic mass is 15.0. The predicted octanol–water partition coefficient (Wildman–Crippen LogP) is -0.323. The van der Waals surface area contributed by atoms with Gasteiger partial charge in [-0.15, -0.1) is 0 Å². The molecule has 0 bridgehead atoms. The molecule has 0 aromatic heterocycles. The summed E-state index contributed by atoms with van der Waals surface area (Å²) in [7, 11) is 0. The first kappa shape index (κ1) is 8.97. The third-order valence-electron chi connectivity index (χ3n) is 2.18. The van der Waals surface area contributed by atoms with E-state index in [0.717, 1.165) is 19.6 Å². The standard InChI is InChI=1S/C8H19N3/c9-7-8-3-1-2-4-10-5-6-11-8/h8,10-11H,1-7,9H2. The summed E-state index contributed by atoms with van der Waals surface area (Å²) in [6.45, 7) is 4.08. The van der Waals surface area contributed by atoms with Gasteiger partial charge in [0.05, 0.1) is 0 Å². The Bertz CT molecular complexity index is 85.3. The molecular formula is C8H19N3. The van der Waals surface area contributed by atoms with Gasteiger partial charge < -0.3 is 16.4 Å². The van der Waals surface area contributed by atoms with Gasteiger partial charge in [0.15, 0.2) is 0 Å². The van der Waals surface area contributed by atoms with Gasteiger partial charge in [-0.3, -0.25) is 0 Å². The van der Waals surface area contributed by atoms with Crippen molar-refractivity contribution in [3.8, 4) is 0 Å². The Kier molecular flexibility index (Phi) is 4.50. The maximum Gasteiger partial charge on any atom is 0.0190 e. The maximum absolute atomic E-state index is 5.59. The second-order valence-corrected chi connectivity index (χ2v) is 3.13. The lowest BCUT2D eigenvalue weighted by Gasteiger charge is -2.14. The van der Waals surface area contributed by atoms with Gasteiger partial charge in [0, 0.05) is 25.7 Å². The van der Waals surface area contributed by atoms with Crippen LogP contribution in [-0.4, -0.2) is 32.2 Å². The van der Waals surface area contributed by atoms with Crippen molar-refractivity contribution in [1.29, 1.82) is 0 Å². The first-order valence-corrected chi connectivity index (χ1v) is 4.57. The van der Waals surface area contributed by atoms with Crippen LogP contribution < -0.4 is 16.4 Å². The molecule has 0 aromatic carbocycles. The summed E-state index contributed by atoms with van der Waals surface area (Å²) in [5.74, 6) is 0. The van der Waals surface area contributed by atoms with E-state index in [0.29, 0.717) is 6.04 Å². The van der Waals surface area contributed by atoms with Crippen LogP contribution >= 0.6 is 0 Å². The second-order valence-electron chi connectivity index (χ2n) is 3.13. The minimum Gasteiger partial charge on any atom is -0.329 e. The summed E-state index contributed by atoms with van der Waals surface area (Å²) in [4.78, 5) is 0. The molecule has 0 spiro atoms. The molecular weight excluding hydrogens is 138 g/mol. The lowest BCUT2D eigenvalue weighted by molar-refractivity contribution is 0.487. The van der Waals surface area contributed by atoms with E-state index in [-0.39, 0.29) is 0 Å². The smallest absolute Gasteiger partial charge is 0.0190 e. The molecule has 0 radical (unpaired) electrons. The predicted molar refractivity (Wildman–Crippen MR) is 47.6 cm³/mol. The Labute approximate surface area is 68.7 Å². The van der Waals surface area contributed by atoms with Crippen LogP contribution in [0.1, 0.15) is 19.3 Å². The third-order valence-corrected chi connectivity index (χ3v) is 2.18. The van der Waals surface area contributed by atoms with E-state index in [1.165, 1.54) is 25.8 Å². The van der Waals surface area contributed by atoms with Crippen LogP contribution in [-0.2, 0) is 0 Å². The highest BCUT2D eigenvalue weighted by Gasteiger charge is 2.05. The van der Waals surface area contributed by atoms with Crippen LogP contribution in [0.25, 0.3) is 0 Å². The molecule has 0 saturated carbocycles. The van der Waals surface area contributed by atoms with Gasteiger partial charge in [-0.05, 0) is 19.4 Å². The normalized spacial score (nSPS) is 28.6. The van der Waals surface area contributed by atoms with E-state index in [1.807, 2.05) is 0 Å². The van der Waals surface area contributed by atoms with Crippen molar-refractivity contribution in [1.82, 2.24) is 10.6 Å². The molecule has 1 heterocycles. The van der Waals surface area contributed by atoms with E-state index in [9.17, 15) is 0 Å². The number of hydrogen-bond donors (Lipinski definition) is 3. The molecule has 66 valence electrons. The molecule has 3 nitrogen and oxygen atoms in total. The van der Waals surface area contributed by atoms with E-state index < -0.39 is 0 Å². The minimum atomic E-state index is 0.551. The maximum atomic E-state index is 5.59. The van der Waals surface area contributed by atoms with Crippen molar-refractivity contribution < 1.29 is 0 Å². The lowest BCUT2D eigenvalue weighted by Crippen LogP contribution is -2.38. The molecule has 1 atom stereocenters. The van der Waals surface area contributed by atoms with E-state index >= 15 is 0 Å². The van der Waals surface area contributed by atoms with Crippen LogP contribution in [0, 0.1) is 0 Å². The third kappa shape index (κ3) is 3.70. The van der Waals surface area contributed by atoms with Crippen LogP contribution in [0.3, 0.4) is 0 Å². The van der Waals surface area contributed by atoms with Crippen molar-refractivity contribution in [2.45, 2.75) is 25.3 Å². The van der Waals surface area contributed by atoms with Crippen molar-refractivity contribution in [3.63, 3.8) is 0 Å². The van der Waals surface area contributed by atoms with Crippen molar-refractivity contribution in [2.24, 2.45) is 5.73 Å². The Balaban J connectivity index is 2.19. The average molecular weight is 157 g/mol. The topological polar surface area (TPSA) is 50.1 Å². The largest absolute Gasteiger partial charge is 0.329 e. The SMILES string of the molecule is NCC1CCCCNCCN1. The summed E-state index contributed by atoms with van der Waals surface area (Å²) < 4.78 is 0. The zero-order valence-corrected chi connectivity index (χ0v) is 7.10. The van der Waals surface area contributed by atoms with E-state index in [1.54, 1.807) is 0 Å². The summed E-state index contributed by atoms with van der Waals surface area (Å²) >= 11 is 0. The quantitative estimate of drug-likeness (QED) is 0.489. The van der Waals surface area contributed by atoms with Gasteiger partial charge in [-0.2, -0.15) is 0 Å². The monoisotopic (exact) mass is 157 g/mol. The van der Waals surface area contributed by atoms with Gasteiger partial charge >= 0.3 is 0 Å². The van der Waals surface area contributed by atoms with E-state index in [4.69, 9.17) is 5.73 Å². The second kappa shape index (κ2) is 5.52. The molecule has 0 aliphatic carbocycles. The highest BCUT2D eigenvalue weighted by Crippen LogP contribution is 2.00. The van der Waals surface area contributed by atoms with Gasteiger partial charge in [-0.25, -0.2) is 0 Å². The molecule has 11 heavy (non-hydrogen) atoms. The van der Waals surface area contributed by atoms with Crippen molar-refractivity contribution in [2.75, 3.05) is 26.2 Å². The Morgan fingerprint density at radius 1 is 1.18 bits per heavy atom. The fourth-order valence-corrected chi connectivity index (χ4v) is 1.43. The van der Waals surface area contributed by atoms with Gasteiger partial charge in [0.25, 0.3) is 0 Å². The summed E-state index contributed by atoms with van der Waals surface area (Å²) in [6.07, 6.45) is 3.82. The molecule has 1 unspecified atom stereocenters. The fourth-order valence-electron chi connectivity index (χ4n) is 1.43.